The van der Waals surface area contributed by atoms with Crippen molar-refractivity contribution in [3.05, 3.63) is 24.3 Å². The maximum Gasteiger partial charge on any atom is 0.306 e. The van der Waals surface area contributed by atoms with Crippen LogP contribution in [0, 0.1) is 0 Å². The van der Waals surface area contributed by atoms with E-state index in [9.17, 15) is 14.7 Å². The number of rotatable bonds is 40. The molecule has 0 saturated carbocycles. The Morgan fingerprint density at radius 2 is 0.740 bits per heavy atom. The van der Waals surface area contributed by atoms with Crippen LogP contribution in [0.4, 0.5) is 0 Å². The second-order valence-corrected chi connectivity index (χ2v) is 14.8. The predicted octanol–water partition coefficient (Wildman–Crippen LogP) is 13.8. The molecule has 0 spiro atoms. The zero-order valence-corrected chi connectivity index (χ0v) is 33.4. The van der Waals surface area contributed by atoms with E-state index in [2.05, 4.69) is 38.2 Å². The van der Waals surface area contributed by atoms with Crippen molar-refractivity contribution in [1.82, 2.24) is 0 Å². The Balaban J connectivity index is 3.52. The van der Waals surface area contributed by atoms with E-state index >= 15 is 0 Å². The van der Waals surface area contributed by atoms with Crippen LogP contribution in [0.15, 0.2) is 24.3 Å². The van der Waals surface area contributed by atoms with E-state index in [1.807, 2.05) is 0 Å². The Morgan fingerprint density at radius 3 is 1.08 bits per heavy atom. The molecule has 0 radical (unpaired) electrons. The molecule has 50 heavy (non-hydrogen) atoms. The van der Waals surface area contributed by atoms with Crippen LogP contribution in [0.3, 0.4) is 0 Å². The molecule has 0 aliphatic rings. The van der Waals surface area contributed by atoms with Gasteiger partial charge in [-0.1, -0.05) is 179 Å². The van der Waals surface area contributed by atoms with Gasteiger partial charge < -0.3 is 14.6 Å². The van der Waals surface area contributed by atoms with Gasteiger partial charge >= 0.3 is 11.9 Å². The molecular weight excluding hydrogens is 620 g/mol. The first-order valence-electron chi connectivity index (χ1n) is 21.9. The number of allylic oxidation sites excluding steroid dienone is 4. The molecule has 0 aromatic rings. The maximum absolute atomic E-state index is 12.2. The van der Waals surface area contributed by atoms with Crippen molar-refractivity contribution in [2.24, 2.45) is 0 Å². The maximum atomic E-state index is 12.2. The predicted molar refractivity (Wildman–Crippen MR) is 215 cm³/mol. The van der Waals surface area contributed by atoms with E-state index in [0.29, 0.717) is 12.8 Å². The summed E-state index contributed by atoms with van der Waals surface area (Å²) in [7, 11) is 0. The highest BCUT2D eigenvalue weighted by Gasteiger charge is 2.16. The SMILES string of the molecule is CCCCCCCCC=CCCCCCCCCCCCC(=O)O[C@@H](CO)COC(=O)CCCCCCCCCC=CCCCCCCCC. The zero-order valence-electron chi connectivity index (χ0n) is 33.4. The molecule has 5 nitrogen and oxygen atoms in total. The topological polar surface area (TPSA) is 72.8 Å². The highest BCUT2D eigenvalue weighted by molar-refractivity contribution is 5.70. The number of hydrogen-bond donors (Lipinski definition) is 1. The Kier molecular flexibility index (Phi) is 40.4. The molecule has 0 aromatic heterocycles. The summed E-state index contributed by atoms with van der Waals surface area (Å²) in [5.74, 6) is -0.590. The number of esters is 2. The van der Waals surface area contributed by atoms with Crippen molar-refractivity contribution < 1.29 is 24.2 Å². The van der Waals surface area contributed by atoms with Gasteiger partial charge in [0.2, 0.25) is 0 Å². The monoisotopic (exact) mass is 705 g/mol. The molecule has 0 aromatic carbocycles. The number of unbranched alkanes of at least 4 members (excludes halogenated alkanes) is 28. The highest BCUT2D eigenvalue weighted by Crippen LogP contribution is 2.14. The molecule has 294 valence electrons. The lowest BCUT2D eigenvalue weighted by molar-refractivity contribution is -0.161. The summed E-state index contributed by atoms with van der Waals surface area (Å²) in [6, 6.07) is 0. The summed E-state index contributed by atoms with van der Waals surface area (Å²) in [6.07, 6.45) is 49.6. The largest absolute Gasteiger partial charge is 0.462 e. The van der Waals surface area contributed by atoms with Gasteiger partial charge in [0.1, 0.15) is 6.61 Å². The summed E-state index contributed by atoms with van der Waals surface area (Å²) in [5, 5.41) is 9.58. The van der Waals surface area contributed by atoms with Gasteiger partial charge in [-0.15, -0.1) is 0 Å². The van der Waals surface area contributed by atoms with Crippen LogP contribution in [0.25, 0.3) is 0 Å². The molecule has 0 aliphatic heterocycles. The van der Waals surface area contributed by atoms with Crippen molar-refractivity contribution >= 4 is 11.9 Å². The first kappa shape index (κ1) is 48.4. The minimum atomic E-state index is -0.771. The van der Waals surface area contributed by atoms with Crippen LogP contribution in [0.1, 0.15) is 232 Å². The van der Waals surface area contributed by atoms with Gasteiger partial charge in [-0.3, -0.25) is 9.59 Å². The Bertz CT molecular complexity index is 761. The fourth-order valence-corrected chi connectivity index (χ4v) is 6.37. The summed E-state index contributed by atoms with van der Waals surface area (Å²) >= 11 is 0. The van der Waals surface area contributed by atoms with Gasteiger partial charge in [0.25, 0.3) is 0 Å². The average Bonchev–Trinajstić information content (AvgIpc) is 3.12. The van der Waals surface area contributed by atoms with Gasteiger partial charge in [0.15, 0.2) is 6.10 Å². The number of carbonyl (C=O) groups excluding carboxylic acids is 2. The smallest absolute Gasteiger partial charge is 0.306 e. The van der Waals surface area contributed by atoms with Gasteiger partial charge in [-0.2, -0.15) is 0 Å². The third-order valence-electron chi connectivity index (χ3n) is 9.72. The van der Waals surface area contributed by atoms with Crippen molar-refractivity contribution in [3.8, 4) is 0 Å². The number of carbonyl (C=O) groups is 2. The summed E-state index contributed by atoms with van der Waals surface area (Å²) in [6.45, 7) is 4.14. The van der Waals surface area contributed by atoms with E-state index in [-0.39, 0.29) is 25.2 Å². The van der Waals surface area contributed by atoms with Crippen molar-refractivity contribution in [2.45, 2.75) is 238 Å². The van der Waals surface area contributed by atoms with E-state index in [4.69, 9.17) is 9.47 Å². The van der Waals surface area contributed by atoms with Gasteiger partial charge in [-0.05, 0) is 64.2 Å². The van der Waals surface area contributed by atoms with Gasteiger partial charge in [-0.25, -0.2) is 0 Å². The quantitative estimate of drug-likeness (QED) is 0.0390. The molecule has 0 unspecified atom stereocenters. The first-order valence-corrected chi connectivity index (χ1v) is 21.9. The van der Waals surface area contributed by atoms with Crippen LogP contribution < -0.4 is 0 Å². The van der Waals surface area contributed by atoms with E-state index in [1.165, 1.54) is 167 Å². The second-order valence-electron chi connectivity index (χ2n) is 14.8. The molecule has 0 aliphatic carbocycles. The fraction of sp³-hybridized carbons (Fsp3) is 0.867. The van der Waals surface area contributed by atoms with E-state index < -0.39 is 6.10 Å². The van der Waals surface area contributed by atoms with Gasteiger partial charge in [0.05, 0.1) is 6.61 Å². The number of hydrogen-bond acceptors (Lipinski definition) is 5. The van der Waals surface area contributed by atoms with Crippen LogP contribution in [-0.4, -0.2) is 36.4 Å². The van der Waals surface area contributed by atoms with E-state index in [1.54, 1.807) is 0 Å². The molecule has 5 heteroatoms. The molecule has 0 amide bonds. The molecule has 1 N–H and O–H groups in total. The van der Waals surface area contributed by atoms with Crippen LogP contribution in [-0.2, 0) is 19.1 Å². The molecule has 1 atom stereocenters. The number of aliphatic hydroxyl groups excluding tert-OH is 1. The van der Waals surface area contributed by atoms with Crippen molar-refractivity contribution in [2.75, 3.05) is 13.2 Å². The molecule has 0 fully saturated rings. The summed E-state index contributed by atoms with van der Waals surface area (Å²) in [4.78, 5) is 24.3. The normalized spacial score (nSPS) is 12.3. The average molecular weight is 705 g/mol. The standard InChI is InChI=1S/C45H84O5/c1-3-5-7-9-11-13-15-17-19-21-22-24-26-28-30-32-34-36-38-40-45(48)50-43(41-46)42-49-44(47)39-37-35-33-31-29-27-25-23-20-18-16-14-12-10-8-6-4-2/h17-20,43,46H,3-16,21-42H2,1-2H3/t43-/m0/s1. The third-order valence-corrected chi connectivity index (χ3v) is 9.72. The highest BCUT2D eigenvalue weighted by atomic mass is 16.6. The van der Waals surface area contributed by atoms with E-state index in [0.717, 1.165) is 38.5 Å². The van der Waals surface area contributed by atoms with Crippen LogP contribution in [0.2, 0.25) is 0 Å². The number of aliphatic hydroxyl groups is 1. The molecule has 0 saturated heterocycles. The molecule has 0 heterocycles. The minimum absolute atomic E-state index is 0.0655. The molecule has 0 bridgehead atoms. The number of ether oxygens (including phenoxy) is 2. The summed E-state index contributed by atoms with van der Waals surface area (Å²) < 4.78 is 10.6. The zero-order chi connectivity index (χ0) is 36.4. The lowest BCUT2D eigenvalue weighted by Gasteiger charge is -2.15. The van der Waals surface area contributed by atoms with Crippen LogP contribution >= 0.6 is 0 Å². The van der Waals surface area contributed by atoms with Crippen LogP contribution in [0.5, 0.6) is 0 Å². The Hall–Kier alpha value is -1.62. The molecular formula is C45H84O5. The minimum Gasteiger partial charge on any atom is -0.462 e. The van der Waals surface area contributed by atoms with Gasteiger partial charge in [0, 0.05) is 12.8 Å². The second kappa shape index (κ2) is 41.8. The summed E-state index contributed by atoms with van der Waals surface area (Å²) in [5.41, 5.74) is 0. The third kappa shape index (κ3) is 39.2. The first-order chi connectivity index (χ1) is 24.6. The molecule has 0 rings (SSSR count). The van der Waals surface area contributed by atoms with Crippen molar-refractivity contribution in [1.29, 1.82) is 0 Å². The lowest BCUT2D eigenvalue weighted by Crippen LogP contribution is -2.28. The van der Waals surface area contributed by atoms with Crippen molar-refractivity contribution in [3.63, 3.8) is 0 Å². The Morgan fingerprint density at radius 1 is 0.440 bits per heavy atom. The Labute approximate surface area is 311 Å². The lowest BCUT2D eigenvalue weighted by atomic mass is 10.1. The fourth-order valence-electron chi connectivity index (χ4n) is 6.37.